The highest BCUT2D eigenvalue weighted by atomic mass is 16.5. The minimum Gasteiger partial charge on any atom is -0.497 e. The van der Waals surface area contributed by atoms with Gasteiger partial charge < -0.3 is 24.1 Å². The molecule has 170 valence electrons. The molecule has 0 aliphatic carbocycles. The van der Waals surface area contributed by atoms with Crippen LogP contribution in [0, 0.1) is 5.92 Å². The lowest BCUT2D eigenvalue weighted by Gasteiger charge is -2.32. The summed E-state index contributed by atoms with van der Waals surface area (Å²) in [5, 5.41) is 4.04. The highest BCUT2D eigenvalue weighted by Gasteiger charge is 2.28. The zero-order valence-electron chi connectivity index (χ0n) is 18.7. The molecule has 0 bridgehead atoms. The van der Waals surface area contributed by atoms with Gasteiger partial charge in [-0.15, -0.1) is 0 Å². The Balaban J connectivity index is 1.33. The van der Waals surface area contributed by atoms with E-state index in [-0.39, 0.29) is 11.8 Å². The van der Waals surface area contributed by atoms with Gasteiger partial charge in [0.1, 0.15) is 28.9 Å². The summed E-state index contributed by atoms with van der Waals surface area (Å²) in [4.78, 5) is 24.1. The molecule has 1 atom stereocenters. The van der Waals surface area contributed by atoms with E-state index in [9.17, 15) is 4.79 Å². The molecule has 1 aliphatic heterocycles. The number of carbonyl (C=O) groups is 1. The number of rotatable bonds is 6. The summed E-state index contributed by atoms with van der Waals surface area (Å²) in [6, 6.07) is 13.4. The van der Waals surface area contributed by atoms with Gasteiger partial charge in [-0.25, -0.2) is 9.97 Å². The van der Waals surface area contributed by atoms with Crippen LogP contribution in [-0.2, 0) is 11.3 Å². The first-order chi connectivity index (χ1) is 16.2. The third-order valence-corrected chi connectivity index (χ3v) is 6.17. The van der Waals surface area contributed by atoms with Crippen LogP contribution < -0.4 is 19.7 Å². The van der Waals surface area contributed by atoms with E-state index in [0.29, 0.717) is 18.7 Å². The predicted molar refractivity (Wildman–Crippen MR) is 126 cm³/mol. The molecule has 1 saturated heterocycles. The smallest absolute Gasteiger partial charge is 0.225 e. The fourth-order valence-corrected chi connectivity index (χ4v) is 4.47. The number of carbonyl (C=O) groups excluding carboxylic acids is 1. The van der Waals surface area contributed by atoms with E-state index < -0.39 is 0 Å². The molecule has 0 spiro atoms. The topological polar surface area (TPSA) is 89.7 Å². The van der Waals surface area contributed by atoms with Crippen molar-refractivity contribution in [3.8, 4) is 11.5 Å². The molecule has 8 nitrogen and oxygen atoms in total. The van der Waals surface area contributed by atoms with Crippen LogP contribution in [0.5, 0.6) is 11.5 Å². The maximum absolute atomic E-state index is 13.0. The summed E-state index contributed by atoms with van der Waals surface area (Å²) >= 11 is 0. The molecule has 1 fully saturated rings. The first-order valence-electron chi connectivity index (χ1n) is 11.0. The van der Waals surface area contributed by atoms with Crippen LogP contribution in [0.1, 0.15) is 18.4 Å². The number of hydrogen-bond donors (Lipinski definition) is 1. The van der Waals surface area contributed by atoms with Crippen LogP contribution in [0.15, 0.2) is 53.2 Å². The number of amides is 1. The number of nitrogens with one attached hydrogen (secondary N) is 1. The average molecular weight is 447 g/mol. The lowest BCUT2D eigenvalue weighted by molar-refractivity contribution is -0.125. The van der Waals surface area contributed by atoms with Gasteiger partial charge in [-0.2, -0.15) is 0 Å². The van der Waals surface area contributed by atoms with Gasteiger partial charge in [-0.05, 0) is 43.2 Å². The van der Waals surface area contributed by atoms with Crippen molar-refractivity contribution < 1.29 is 18.7 Å². The molecule has 1 N–H and O–H groups in total. The van der Waals surface area contributed by atoms with Gasteiger partial charge in [0.25, 0.3) is 0 Å². The van der Waals surface area contributed by atoms with Crippen LogP contribution in [0.3, 0.4) is 0 Å². The number of fused-ring (bicyclic) bond motifs is 3. The number of hydrogen-bond acceptors (Lipinski definition) is 7. The number of anilines is 1. The first-order valence-corrected chi connectivity index (χ1v) is 11.0. The Bertz CT molecular complexity index is 1300. The second-order valence-corrected chi connectivity index (χ2v) is 8.15. The quantitative estimate of drug-likeness (QED) is 0.480. The second-order valence-electron chi connectivity index (χ2n) is 8.15. The number of furan rings is 1. The third kappa shape index (κ3) is 4.04. The molecule has 5 rings (SSSR count). The largest absolute Gasteiger partial charge is 0.497 e. The summed E-state index contributed by atoms with van der Waals surface area (Å²) in [5.41, 5.74) is 3.12. The maximum atomic E-state index is 13.0. The summed E-state index contributed by atoms with van der Waals surface area (Å²) in [5.74, 6) is 2.05. The number of nitrogens with zero attached hydrogens (tertiary/aromatic N) is 3. The highest BCUT2D eigenvalue weighted by molar-refractivity contribution is 6.05. The molecule has 0 saturated carbocycles. The van der Waals surface area contributed by atoms with E-state index in [1.807, 2.05) is 42.5 Å². The van der Waals surface area contributed by atoms with Crippen molar-refractivity contribution in [1.82, 2.24) is 15.3 Å². The molecule has 4 aromatic rings. The lowest BCUT2D eigenvalue weighted by Crippen LogP contribution is -2.43. The molecule has 2 aromatic heterocycles. The molecule has 0 unspecified atom stereocenters. The number of benzene rings is 2. The molecular weight excluding hydrogens is 420 g/mol. The van der Waals surface area contributed by atoms with Crippen molar-refractivity contribution in [1.29, 1.82) is 0 Å². The van der Waals surface area contributed by atoms with Crippen LogP contribution in [0.25, 0.3) is 22.1 Å². The Kier molecular flexibility index (Phi) is 5.73. The fraction of sp³-hybridized carbons (Fsp3) is 0.320. The van der Waals surface area contributed by atoms with Crippen molar-refractivity contribution in [2.75, 3.05) is 32.2 Å². The molecule has 1 amide bonds. The van der Waals surface area contributed by atoms with Gasteiger partial charge in [-0.1, -0.05) is 12.1 Å². The van der Waals surface area contributed by atoms with Crippen molar-refractivity contribution in [2.45, 2.75) is 19.4 Å². The van der Waals surface area contributed by atoms with Gasteiger partial charge in [0.15, 0.2) is 11.4 Å². The minimum absolute atomic E-state index is 0.0134. The van der Waals surface area contributed by atoms with E-state index >= 15 is 0 Å². The Morgan fingerprint density at radius 3 is 2.91 bits per heavy atom. The van der Waals surface area contributed by atoms with E-state index in [0.717, 1.165) is 58.8 Å². The Morgan fingerprint density at radius 1 is 1.18 bits per heavy atom. The fourth-order valence-electron chi connectivity index (χ4n) is 4.47. The Hall–Kier alpha value is -3.81. The molecule has 1 aliphatic rings. The van der Waals surface area contributed by atoms with Crippen LogP contribution in [0.4, 0.5) is 5.82 Å². The zero-order valence-corrected chi connectivity index (χ0v) is 18.7. The van der Waals surface area contributed by atoms with Crippen molar-refractivity contribution in [2.24, 2.45) is 5.92 Å². The van der Waals surface area contributed by atoms with Crippen molar-refractivity contribution >= 4 is 33.8 Å². The molecular formula is C25H26N4O4. The third-order valence-electron chi connectivity index (χ3n) is 6.17. The highest BCUT2D eigenvalue weighted by Crippen LogP contribution is 2.34. The SMILES string of the molecule is COc1ccc(OC)c(CNC(=O)[C@@H]2CCCN(c3ncnc4c3oc3ccccc34)C2)c1. The maximum Gasteiger partial charge on any atom is 0.225 e. The average Bonchev–Trinajstić information content (AvgIpc) is 3.26. The zero-order chi connectivity index (χ0) is 22.8. The number of para-hydroxylation sites is 1. The summed E-state index contributed by atoms with van der Waals surface area (Å²) < 4.78 is 16.8. The molecule has 8 heteroatoms. The van der Waals surface area contributed by atoms with Gasteiger partial charge in [0, 0.05) is 30.6 Å². The molecule has 3 heterocycles. The number of methoxy groups -OCH3 is 2. The summed E-state index contributed by atoms with van der Waals surface area (Å²) in [7, 11) is 3.24. The van der Waals surface area contributed by atoms with Gasteiger partial charge in [0.2, 0.25) is 5.91 Å². The summed E-state index contributed by atoms with van der Waals surface area (Å²) in [6.45, 7) is 1.76. The summed E-state index contributed by atoms with van der Waals surface area (Å²) in [6.07, 6.45) is 3.29. The van der Waals surface area contributed by atoms with E-state index in [1.54, 1.807) is 20.5 Å². The molecule has 33 heavy (non-hydrogen) atoms. The number of piperidine rings is 1. The van der Waals surface area contributed by atoms with Gasteiger partial charge >= 0.3 is 0 Å². The van der Waals surface area contributed by atoms with Gasteiger partial charge in [0.05, 0.1) is 20.1 Å². The van der Waals surface area contributed by atoms with Crippen LogP contribution in [0.2, 0.25) is 0 Å². The van der Waals surface area contributed by atoms with Gasteiger partial charge in [-0.3, -0.25) is 4.79 Å². The lowest BCUT2D eigenvalue weighted by atomic mass is 9.97. The van der Waals surface area contributed by atoms with Crippen molar-refractivity contribution in [3.05, 3.63) is 54.4 Å². The first kappa shape index (κ1) is 21.1. The monoisotopic (exact) mass is 446 g/mol. The second kappa shape index (κ2) is 8.97. The standard InChI is InChI=1S/C25H26N4O4/c1-31-18-9-10-20(32-2)17(12-18)13-26-25(30)16-6-5-11-29(14-16)24-23-22(27-15-28-24)19-7-3-4-8-21(19)33-23/h3-4,7-10,12,15-16H,5-6,11,13-14H2,1-2H3,(H,26,30)/t16-/m1/s1. The molecule has 0 radical (unpaired) electrons. The number of ether oxygens (including phenoxy) is 2. The van der Waals surface area contributed by atoms with Crippen LogP contribution >= 0.6 is 0 Å². The minimum atomic E-state index is -0.148. The van der Waals surface area contributed by atoms with Crippen molar-refractivity contribution in [3.63, 3.8) is 0 Å². The van der Waals surface area contributed by atoms with Crippen LogP contribution in [-0.4, -0.2) is 43.2 Å². The van der Waals surface area contributed by atoms with E-state index in [2.05, 4.69) is 20.2 Å². The number of aromatic nitrogens is 2. The molecule has 2 aromatic carbocycles. The van der Waals surface area contributed by atoms with E-state index in [1.165, 1.54) is 0 Å². The normalized spacial score (nSPS) is 16.2. The Morgan fingerprint density at radius 2 is 2.06 bits per heavy atom. The Labute approximate surface area is 191 Å². The van der Waals surface area contributed by atoms with E-state index in [4.69, 9.17) is 13.9 Å². The predicted octanol–water partition coefficient (Wildman–Crippen LogP) is 3.93.